The number of likely N-dealkylation sites (N-methyl/N-ethyl adjacent to an activating group) is 1. The smallest absolute Gasteiger partial charge is 0.228 e. The number of rotatable bonds is 6. The predicted molar refractivity (Wildman–Crippen MR) is 138 cm³/mol. The Hall–Kier alpha value is -1.84. The van der Waals surface area contributed by atoms with Gasteiger partial charge in [0.1, 0.15) is 0 Å². The number of piperazine rings is 1. The first-order valence-electron chi connectivity index (χ1n) is 11.5. The quantitative estimate of drug-likeness (QED) is 0.619. The lowest BCUT2D eigenvalue weighted by Crippen LogP contribution is -2.44. The van der Waals surface area contributed by atoms with E-state index in [0.717, 1.165) is 37.6 Å². The topological polar surface area (TPSA) is 73.0 Å². The van der Waals surface area contributed by atoms with Gasteiger partial charge in [-0.05, 0) is 61.9 Å². The number of hydrogen-bond donors (Lipinski definition) is 1. The number of nitrogens with one attached hydrogen (secondary N) is 1. The SMILES string of the molecule is CN1CCN(c2ccc(NC(=O)C3CCCN(S(=O)(=O)Cc4ccc(Cl)c(Cl)c4)C3)cc2)CC1. The van der Waals surface area contributed by atoms with Crippen LogP contribution in [-0.2, 0) is 20.6 Å². The molecular weight excluding hydrogens is 495 g/mol. The number of nitrogens with zero attached hydrogens (tertiary/aromatic N) is 3. The maximum Gasteiger partial charge on any atom is 0.228 e. The van der Waals surface area contributed by atoms with Gasteiger partial charge in [0.05, 0.1) is 21.7 Å². The first kappa shape index (κ1) is 25.3. The van der Waals surface area contributed by atoms with Crippen molar-refractivity contribution in [2.45, 2.75) is 18.6 Å². The molecule has 0 aliphatic carbocycles. The first-order chi connectivity index (χ1) is 16.2. The summed E-state index contributed by atoms with van der Waals surface area (Å²) in [4.78, 5) is 17.6. The van der Waals surface area contributed by atoms with Gasteiger partial charge in [0.15, 0.2) is 0 Å². The van der Waals surface area contributed by atoms with Crippen molar-refractivity contribution in [1.29, 1.82) is 0 Å². The van der Waals surface area contributed by atoms with Gasteiger partial charge in [-0.2, -0.15) is 0 Å². The Morgan fingerprint density at radius 1 is 1.00 bits per heavy atom. The zero-order valence-corrected chi connectivity index (χ0v) is 21.5. The Kier molecular flexibility index (Phi) is 8.05. The van der Waals surface area contributed by atoms with Gasteiger partial charge < -0.3 is 15.1 Å². The molecule has 34 heavy (non-hydrogen) atoms. The lowest BCUT2D eigenvalue weighted by atomic mass is 9.98. The van der Waals surface area contributed by atoms with Gasteiger partial charge in [0.2, 0.25) is 15.9 Å². The maximum atomic E-state index is 13.0. The van der Waals surface area contributed by atoms with Crippen molar-refractivity contribution in [3.05, 3.63) is 58.1 Å². The van der Waals surface area contributed by atoms with E-state index in [0.29, 0.717) is 35.0 Å². The van der Waals surface area contributed by atoms with Crippen molar-refractivity contribution in [3.63, 3.8) is 0 Å². The second-order valence-electron chi connectivity index (χ2n) is 9.03. The normalized spacial score (nSPS) is 20.3. The summed E-state index contributed by atoms with van der Waals surface area (Å²) in [6, 6.07) is 12.7. The molecule has 1 N–H and O–H groups in total. The molecule has 2 fully saturated rings. The zero-order valence-electron chi connectivity index (χ0n) is 19.2. The van der Waals surface area contributed by atoms with Crippen LogP contribution in [0.25, 0.3) is 0 Å². The van der Waals surface area contributed by atoms with Gasteiger partial charge in [0.25, 0.3) is 0 Å². The molecule has 1 unspecified atom stereocenters. The van der Waals surface area contributed by atoms with Gasteiger partial charge in [-0.15, -0.1) is 0 Å². The lowest BCUT2D eigenvalue weighted by Gasteiger charge is -2.34. The average Bonchev–Trinajstić information content (AvgIpc) is 2.82. The summed E-state index contributed by atoms with van der Waals surface area (Å²) in [7, 11) is -1.46. The third kappa shape index (κ3) is 6.23. The van der Waals surface area contributed by atoms with Crippen LogP contribution in [0.2, 0.25) is 10.0 Å². The van der Waals surface area contributed by atoms with E-state index in [1.54, 1.807) is 18.2 Å². The van der Waals surface area contributed by atoms with E-state index in [9.17, 15) is 13.2 Å². The fourth-order valence-corrected chi connectivity index (χ4v) is 6.32. The van der Waals surface area contributed by atoms with Gasteiger partial charge in [-0.3, -0.25) is 4.79 Å². The molecule has 0 spiro atoms. The van der Waals surface area contributed by atoms with Crippen molar-refractivity contribution in [2.75, 3.05) is 56.5 Å². The summed E-state index contributed by atoms with van der Waals surface area (Å²) in [5, 5.41) is 3.67. The number of amides is 1. The summed E-state index contributed by atoms with van der Waals surface area (Å²) in [6.45, 7) is 4.62. The van der Waals surface area contributed by atoms with E-state index in [1.807, 2.05) is 24.3 Å². The molecule has 7 nitrogen and oxygen atoms in total. The standard InChI is InChI=1S/C24H30Cl2N4O3S/c1-28-11-13-29(14-12-28)21-7-5-20(6-8-21)27-24(31)19-3-2-10-30(16-19)34(32,33)17-18-4-9-22(25)23(26)15-18/h4-9,15,19H,2-3,10-14,16-17H2,1H3,(H,27,31). The van der Waals surface area contributed by atoms with Crippen LogP contribution in [0.15, 0.2) is 42.5 Å². The summed E-state index contributed by atoms with van der Waals surface area (Å²) in [5.41, 5.74) is 2.43. The van der Waals surface area contributed by atoms with Crippen LogP contribution >= 0.6 is 23.2 Å². The summed E-state index contributed by atoms with van der Waals surface area (Å²) in [6.07, 6.45) is 1.30. The molecule has 1 amide bonds. The second kappa shape index (κ2) is 10.8. The van der Waals surface area contributed by atoms with Crippen LogP contribution < -0.4 is 10.2 Å². The van der Waals surface area contributed by atoms with E-state index < -0.39 is 15.9 Å². The fourth-order valence-electron chi connectivity index (χ4n) is 4.40. The highest BCUT2D eigenvalue weighted by molar-refractivity contribution is 7.88. The van der Waals surface area contributed by atoms with Crippen LogP contribution in [0.4, 0.5) is 11.4 Å². The number of anilines is 2. The highest BCUT2D eigenvalue weighted by Gasteiger charge is 2.32. The van der Waals surface area contributed by atoms with Crippen molar-refractivity contribution in [1.82, 2.24) is 9.21 Å². The number of benzene rings is 2. The van der Waals surface area contributed by atoms with Crippen LogP contribution in [0, 0.1) is 5.92 Å². The predicted octanol–water partition coefficient (Wildman–Crippen LogP) is 3.93. The summed E-state index contributed by atoms with van der Waals surface area (Å²) < 4.78 is 27.4. The van der Waals surface area contributed by atoms with Gasteiger partial charge in [0, 0.05) is 50.6 Å². The van der Waals surface area contributed by atoms with Gasteiger partial charge in [-0.25, -0.2) is 12.7 Å². The summed E-state index contributed by atoms with van der Waals surface area (Å²) >= 11 is 12.0. The van der Waals surface area contributed by atoms with Gasteiger partial charge in [-0.1, -0.05) is 29.3 Å². The molecular formula is C24H30Cl2N4O3S. The molecule has 1 atom stereocenters. The molecule has 2 saturated heterocycles. The van der Waals surface area contributed by atoms with Crippen LogP contribution in [-0.4, -0.2) is 69.8 Å². The number of carbonyl (C=O) groups excluding carboxylic acids is 1. The number of sulfonamides is 1. The Morgan fingerprint density at radius 2 is 1.71 bits per heavy atom. The molecule has 2 aromatic rings. The fraction of sp³-hybridized carbons (Fsp3) is 0.458. The zero-order chi connectivity index (χ0) is 24.3. The van der Waals surface area contributed by atoms with Crippen LogP contribution in [0.3, 0.4) is 0 Å². The Morgan fingerprint density at radius 3 is 2.38 bits per heavy atom. The second-order valence-corrected chi connectivity index (χ2v) is 11.8. The number of carbonyl (C=O) groups is 1. The monoisotopic (exact) mass is 524 g/mol. The minimum atomic E-state index is -3.58. The Balaban J connectivity index is 1.35. The molecule has 2 heterocycles. The van der Waals surface area contributed by atoms with Crippen molar-refractivity contribution in [3.8, 4) is 0 Å². The largest absolute Gasteiger partial charge is 0.369 e. The summed E-state index contributed by atoms with van der Waals surface area (Å²) in [5.74, 6) is -0.720. The van der Waals surface area contributed by atoms with Crippen LogP contribution in [0.1, 0.15) is 18.4 Å². The first-order valence-corrected chi connectivity index (χ1v) is 13.8. The minimum absolute atomic E-state index is 0.151. The lowest BCUT2D eigenvalue weighted by molar-refractivity contribution is -0.120. The Labute approximate surface area is 211 Å². The highest BCUT2D eigenvalue weighted by Crippen LogP contribution is 2.27. The molecule has 184 valence electrons. The molecule has 2 aromatic carbocycles. The van der Waals surface area contributed by atoms with E-state index in [-0.39, 0.29) is 18.2 Å². The van der Waals surface area contributed by atoms with E-state index in [2.05, 4.69) is 22.2 Å². The van der Waals surface area contributed by atoms with E-state index in [1.165, 1.54) is 4.31 Å². The molecule has 2 aliphatic rings. The van der Waals surface area contributed by atoms with E-state index in [4.69, 9.17) is 23.2 Å². The molecule has 0 radical (unpaired) electrons. The molecule has 10 heteroatoms. The molecule has 0 bridgehead atoms. The van der Waals surface area contributed by atoms with Crippen molar-refractivity contribution < 1.29 is 13.2 Å². The molecule has 4 rings (SSSR count). The average molecular weight is 526 g/mol. The van der Waals surface area contributed by atoms with Crippen LogP contribution in [0.5, 0.6) is 0 Å². The van der Waals surface area contributed by atoms with Crippen molar-refractivity contribution >= 4 is 50.5 Å². The number of hydrogen-bond acceptors (Lipinski definition) is 5. The number of piperidine rings is 1. The molecule has 0 saturated carbocycles. The number of halogens is 2. The Bertz CT molecular complexity index is 1120. The molecule has 0 aromatic heterocycles. The third-order valence-electron chi connectivity index (χ3n) is 6.48. The highest BCUT2D eigenvalue weighted by atomic mass is 35.5. The molecule has 2 aliphatic heterocycles. The third-order valence-corrected chi connectivity index (χ3v) is 9.04. The maximum absolute atomic E-state index is 13.0. The van der Waals surface area contributed by atoms with Crippen molar-refractivity contribution in [2.24, 2.45) is 5.92 Å². The van der Waals surface area contributed by atoms with E-state index >= 15 is 0 Å². The minimum Gasteiger partial charge on any atom is -0.369 e. The van der Waals surface area contributed by atoms with Gasteiger partial charge >= 0.3 is 0 Å².